The van der Waals surface area contributed by atoms with Gasteiger partial charge in [0.1, 0.15) is 17.3 Å². The molecule has 7 rings (SSSR count). The maximum Gasteiger partial charge on any atom is 0.341 e. The normalized spacial score (nSPS) is 23.2. The Balaban J connectivity index is 0.000000313. The number of nitrogens with zero attached hydrogens (tertiary/aromatic N) is 2. The van der Waals surface area contributed by atoms with Crippen LogP contribution in [-0.4, -0.2) is 32.9 Å². The van der Waals surface area contributed by atoms with E-state index >= 15 is 0 Å². The molecule has 1 unspecified atom stereocenters. The number of carbonyl (C=O) groups excluding carboxylic acids is 2. The van der Waals surface area contributed by atoms with Crippen molar-refractivity contribution < 1.29 is 28.9 Å². The van der Waals surface area contributed by atoms with Gasteiger partial charge < -0.3 is 24.1 Å². The first-order valence-electron chi connectivity index (χ1n) is 14.3. The van der Waals surface area contributed by atoms with Crippen LogP contribution in [0.3, 0.4) is 0 Å². The molecule has 1 N–H and O–H groups in total. The van der Waals surface area contributed by atoms with Crippen LogP contribution in [0.15, 0.2) is 42.0 Å². The summed E-state index contributed by atoms with van der Waals surface area (Å²) >= 11 is 1.13. The van der Waals surface area contributed by atoms with E-state index in [-0.39, 0.29) is 6.79 Å². The molecule has 4 aliphatic rings. The average Bonchev–Trinajstić information content (AvgIpc) is 3.72. The molecule has 0 bridgehead atoms. The Hall–Kier alpha value is -3.30. The van der Waals surface area contributed by atoms with Gasteiger partial charge in [0.05, 0.1) is 17.3 Å². The van der Waals surface area contributed by atoms with Crippen LogP contribution in [0.2, 0.25) is 0 Å². The summed E-state index contributed by atoms with van der Waals surface area (Å²) in [5.41, 5.74) is 3.69. The van der Waals surface area contributed by atoms with Crippen LogP contribution >= 0.6 is 11.7 Å². The SMILES string of the molecule is O=C1OC(O)(c2ccc3c(c2)OCO3)C(CC2CCCCC2)=C1c1ccc2nsnc2c1.O=CC1CCCCC1. The fraction of sp³-hybridized carbons (Fsp3) is 0.484. The molecule has 0 amide bonds. The van der Waals surface area contributed by atoms with Crippen LogP contribution in [0.4, 0.5) is 0 Å². The van der Waals surface area contributed by atoms with E-state index in [1.165, 1.54) is 38.5 Å². The second-order valence-corrected chi connectivity index (χ2v) is 11.7. The molecule has 0 radical (unpaired) electrons. The smallest absolute Gasteiger partial charge is 0.341 e. The van der Waals surface area contributed by atoms with E-state index in [4.69, 9.17) is 14.2 Å². The Morgan fingerprint density at radius 2 is 1.62 bits per heavy atom. The summed E-state index contributed by atoms with van der Waals surface area (Å²) in [4.78, 5) is 23.4. The molecule has 1 atom stereocenters. The van der Waals surface area contributed by atoms with Crippen molar-refractivity contribution in [2.75, 3.05) is 6.79 Å². The molecular formula is C31H34N2O6S. The summed E-state index contributed by atoms with van der Waals surface area (Å²) in [5.74, 6) is -0.426. The third-order valence-electron chi connectivity index (χ3n) is 8.52. The Kier molecular flexibility index (Phi) is 7.85. The highest BCUT2D eigenvalue weighted by Crippen LogP contribution is 2.49. The maximum atomic E-state index is 13.2. The van der Waals surface area contributed by atoms with Gasteiger partial charge in [0.25, 0.3) is 5.79 Å². The van der Waals surface area contributed by atoms with Crippen molar-refractivity contribution in [1.29, 1.82) is 0 Å². The van der Waals surface area contributed by atoms with Crippen molar-refractivity contribution in [3.63, 3.8) is 0 Å². The lowest BCUT2D eigenvalue weighted by atomic mass is 9.80. The van der Waals surface area contributed by atoms with Crippen LogP contribution in [-0.2, 0) is 20.1 Å². The summed E-state index contributed by atoms with van der Waals surface area (Å²) < 4.78 is 25.2. The minimum absolute atomic E-state index is 0.134. The number of hydrogen-bond donors (Lipinski definition) is 1. The number of rotatable bonds is 5. The molecule has 2 saturated carbocycles. The fourth-order valence-electron chi connectivity index (χ4n) is 6.30. The number of aromatic nitrogens is 2. The molecule has 1 aromatic heterocycles. The van der Waals surface area contributed by atoms with Crippen LogP contribution in [0.5, 0.6) is 11.5 Å². The second-order valence-electron chi connectivity index (χ2n) is 11.2. The first-order chi connectivity index (χ1) is 19.5. The first kappa shape index (κ1) is 26.9. The average molecular weight is 563 g/mol. The number of hydrogen-bond acceptors (Lipinski definition) is 9. The van der Waals surface area contributed by atoms with Gasteiger partial charge in [-0.15, -0.1) is 0 Å². The molecule has 2 fully saturated rings. The standard InChI is InChI=1S/C24H22N2O5S.C7H12O/c27-23-22(15-6-8-18-19(11-15)26-32-25-18)17(10-14-4-2-1-3-5-14)24(28,31-23)16-7-9-20-21(12-16)30-13-29-20;8-6-7-4-2-1-3-5-7/h6-9,11-12,14,28H,1-5,10,13H2;6-7H,1-5H2. The highest BCUT2D eigenvalue weighted by Gasteiger charge is 2.49. The van der Waals surface area contributed by atoms with Crippen LogP contribution in [0.25, 0.3) is 16.6 Å². The first-order valence-corrected chi connectivity index (χ1v) is 15.1. The van der Waals surface area contributed by atoms with Gasteiger partial charge in [-0.3, -0.25) is 0 Å². The molecule has 0 saturated heterocycles. The van der Waals surface area contributed by atoms with Crippen molar-refractivity contribution in [2.45, 2.75) is 76.4 Å². The summed E-state index contributed by atoms with van der Waals surface area (Å²) in [6, 6.07) is 10.7. The van der Waals surface area contributed by atoms with Crippen LogP contribution in [0, 0.1) is 11.8 Å². The highest BCUT2D eigenvalue weighted by molar-refractivity contribution is 7.00. The summed E-state index contributed by atoms with van der Waals surface area (Å²) in [5, 5.41) is 11.8. The van der Waals surface area contributed by atoms with Gasteiger partial charge in [-0.05, 0) is 61.1 Å². The summed E-state index contributed by atoms with van der Waals surface area (Å²) in [6.07, 6.45) is 13.6. The Labute approximate surface area is 237 Å². The number of fused-ring (bicyclic) bond motifs is 2. The van der Waals surface area contributed by atoms with Gasteiger partial charge in [-0.2, -0.15) is 8.75 Å². The van der Waals surface area contributed by atoms with Crippen LogP contribution in [0.1, 0.15) is 81.8 Å². The van der Waals surface area contributed by atoms with Gasteiger partial charge >= 0.3 is 5.97 Å². The van der Waals surface area contributed by atoms with Crippen molar-refractivity contribution in [1.82, 2.24) is 8.75 Å². The molecule has 0 spiro atoms. The van der Waals surface area contributed by atoms with Crippen molar-refractivity contribution >= 4 is 40.6 Å². The molecule has 210 valence electrons. The number of benzene rings is 2. The van der Waals surface area contributed by atoms with E-state index in [2.05, 4.69) is 8.75 Å². The van der Waals surface area contributed by atoms with Crippen molar-refractivity contribution in [3.8, 4) is 11.5 Å². The molecule has 9 heteroatoms. The topological polar surface area (TPSA) is 108 Å². The quantitative estimate of drug-likeness (QED) is 0.285. The molecule has 2 aliphatic heterocycles. The summed E-state index contributed by atoms with van der Waals surface area (Å²) in [6.45, 7) is 0.134. The van der Waals surface area contributed by atoms with E-state index in [9.17, 15) is 14.7 Å². The number of aliphatic hydroxyl groups is 1. The van der Waals surface area contributed by atoms with Gasteiger partial charge in [-0.25, -0.2) is 4.79 Å². The van der Waals surface area contributed by atoms with E-state index in [1.54, 1.807) is 18.2 Å². The Morgan fingerprint density at radius 3 is 2.38 bits per heavy atom. The Bertz CT molecular complexity index is 1420. The predicted molar refractivity (Wildman–Crippen MR) is 151 cm³/mol. The van der Waals surface area contributed by atoms with Gasteiger partial charge in [0.15, 0.2) is 11.5 Å². The predicted octanol–water partition coefficient (Wildman–Crippen LogP) is 6.31. The zero-order chi connectivity index (χ0) is 27.5. The van der Waals surface area contributed by atoms with Gasteiger partial charge in [0.2, 0.25) is 6.79 Å². The van der Waals surface area contributed by atoms with Gasteiger partial charge in [0, 0.05) is 17.1 Å². The number of ether oxygens (including phenoxy) is 3. The highest BCUT2D eigenvalue weighted by atomic mass is 32.1. The maximum absolute atomic E-state index is 13.2. The van der Waals surface area contributed by atoms with E-state index in [0.717, 1.165) is 54.7 Å². The molecule has 40 heavy (non-hydrogen) atoms. The molecule has 3 aromatic rings. The van der Waals surface area contributed by atoms with Gasteiger partial charge in [-0.1, -0.05) is 57.4 Å². The third-order valence-corrected chi connectivity index (χ3v) is 9.08. The van der Waals surface area contributed by atoms with E-state index in [0.29, 0.717) is 52.0 Å². The number of aldehydes is 1. The lowest BCUT2D eigenvalue weighted by molar-refractivity contribution is -0.185. The van der Waals surface area contributed by atoms with E-state index in [1.807, 2.05) is 18.2 Å². The number of cyclic esters (lactones) is 1. The zero-order valence-corrected chi connectivity index (χ0v) is 23.3. The van der Waals surface area contributed by atoms with Crippen molar-refractivity contribution in [2.24, 2.45) is 11.8 Å². The molecule has 3 heterocycles. The lowest BCUT2D eigenvalue weighted by Crippen LogP contribution is -2.30. The number of carbonyl (C=O) groups is 2. The lowest BCUT2D eigenvalue weighted by Gasteiger charge is -2.29. The molecule has 8 nitrogen and oxygen atoms in total. The zero-order valence-electron chi connectivity index (χ0n) is 22.5. The Morgan fingerprint density at radius 1 is 0.900 bits per heavy atom. The largest absolute Gasteiger partial charge is 0.454 e. The van der Waals surface area contributed by atoms with E-state index < -0.39 is 11.8 Å². The fourth-order valence-corrected chi connectivity index (χ4v) is 6.82. The second kappa shape index (κ2) is 11.7. The number of esters is 1. The third kappa shape index (κ3) is 5.37. The summed E-state index contributed by atoms with van der Waals surface area (Å²) in [7, 11) is 0. The molecular weight excluding hydrogens is 528 g/mol. The molecule has 2 aliphatic carbocycles. The minimum atomic E-state index is -1.85. The molecule has 2 aromatic carbocycles. The van der Waals surface area contributed by atoms with Crippen LogP contribution < -0.4 is 9.47 Å². The minimum Gasteiger partial charge on any atom is -0.454 e. The van der Waals surface area contributed by atoms with Crippen molar-refractivity contribution in [3.05, 3.63) is 53.1 Å². The monoisotopic (exact) mass is 562 g/mol.